The number of rotatable bonds is 1. The second-order valence-corrected chi connectivity index (χ2v) is 1.62. The van der Waals surface area contributed by atoms with E-state index in [1.54, 1.807) is 14.1 Å². The Labute approximate surface area is 55.0 Å². The summed E-state index contributed by atoms with van der Waals surface area (Å²) in [6.07, 6.45) is 4.95. The Balaban J connectivity index is 3.62. The molecule has 0 spiro atoms. The highest BCUT2D eigenvalue weighted by molar-refractivity contribution is 5.73. The first-order valence-electron chi connectivity index (χ1n) is 2.58. The minimum absolute atomic E-state index is 0.159. The number of amides is 2. The summed E-state index contributed by atoms with van der Waals surface area (Å²) in [6, 6.07) is -0.159. The van der Waals surface area contributed by atoms with Crippen molar-refractivity contribution in [1.82, 2.24) is 10.2 Å². The van der Waals surface area contributed by atoms with Crippen molar-refractivity contribution >= 4 is 6.03 Å². The number of urea groups is 1. The molecule has 0 aromatic carbocycles. The summed E-state index contributed by atoms with van der Waals surface area (Å²) in [5, 5.41) is 2.44. The highest BCUT2D eigenvalue weighted by atomic mass is 16.2. The quantitative estimate of drug-likeness (QED) is 0.488. The van der Waals surface area contributed by atoms with Crippen LogP contribution in [-0.4, -0.2) is 31.6 Å². The van der Waals surface area contributed by atoms with Gasteiger partial charge in [0.25, 0.3) is 0 Å². The molecule has 0 atom stereocenters. The van der Waals surface area contributed by atoms with Gasteiger partial charge in [0.1, 0.15) is 0 Å². The van der Waals surface area contributed by atoms with Crippen molar-refractivity contribution in [2.24, 2.45) is 0 Å². The van der Waals surface area contributed by atoms with Crippen LogP contribution in [0, 0.1) is 12.3 Å². The van der Waals surface area contributed by atoms with Gasteiger partial charge in [0, 0.05) is 14.1 Å². The third kappa shape index (κ3) is 2.60. The molecule has 0 fully saturated rings. The van der Waals surface area contributed by atoms with Crippen molar-refractivity contribution in [3.05, 3.63) is 0 Å². The van der Waals surface area contributed by atoms with E-state index in [9.17, 15) is 4.79 Å². The Morgan fingerprint density at radius 3 is 2.78 bits per heavy atom. The zero-order chi connectivity index (χ0) is 7.28. The molecular formula is C6H10N2O. The molecule has 0 radical (unpaired) electrons. The number of hydrogen-bond acceptors (Lipinski definition) is 1. The maximum absolute atomic E-state index is 10.6. The number of carbonyl (C=O) groups is 1. The Hall–Kier alpha value is -1.17. The molecule has 0 aromatic rings. The largest absolute Gasteiger partial charge is 0.341 e. The van der Waals surface area contributed by atoms with E-state index < -0.39 is 0 Å². The van der Waals surface area contributed by atoms with Gasteiger partial charge in [0.2, 0.25) is 0 Å². The maximum atomic E-state index is 10.6. The van der Waals surface area contributed by atoms with E-state index in [0.29, 0.717) is 6.54 Å². The number of terminal acetylenes is 1. The molecule has 0 aliphatic carbocycles. The van der Waals surface area contributed by atoms with Crippen LogP contribution < -0.4 is 5.32 Å². The van der Waals surface area contributed by atoms with Crippen LogP contribution in [0.1, 0.15) is 0 Å². The summed E-state index contributed by atoms with van der Waals surface area (Å²) in [4.78, 5) is 12.0. The first-order valence-corrected chi connectivity index (χ1v) is 2.58. The zero-order valence-corrected chi connectivity index (χ0v) is 5.64. The van der Waals surface area contributed by atoms with E-state index in [-0.39, 0.29) is 6.03 Å². The van der Waals surface area contributed by atoms with E-state index in [0.717, 1.165) is 0 Å². The molecule has 3 heteroatoms. The molecule has 0 aromatic heterocycles. The van der Waals surface area contributed by atoms with Crippen LogP contribution in [0.5, 0.6) is 0 Å². The smallest absolute Gasteiger partial charge is 0.317 e. The predicted octanol–water partition coefficient (Wildman–Crippen LogP) is -0.109. The summed E-state index contributed by atoms with van der Waals surface area (Å²) in [6.45, 7) is 0.347. The lowest BCUT2D eigenvalue weighted by Crippen LogP contribution is -2.34. The van der Waals surface area contributed by atoms with Gasteiger partial charge in [-0.2, -0.15) is 0 Å². The normalized spacial score (nSPS) is 7.67. The molecule has 1 N–H and O–H groups in total. The summed E-state index contributed by atoms with van der Waals surface area (Å²) in [5.74, 6) is 2.35. The second-order valence-electron chi connectivity index (χ2n) is 1.62. The van der Waals surface area contributed by atoms with E-state index in [2.05, 4.69) is 11.2 Å². The first-order chi connectivity index (χ1) is 4.22. The lowest BCUT2D eigenvalue weighted by Gasteiger charge is -2.11. The molecule has 50 valence electrons. The molecule has 0 saturated heterocycles. The van der Waals surface area contributed by atoms with Gasteiger partial charge in [-0.3, -0.25) is 0 Å². The Morgan fingerprint density at radius 2 is 2.44 bits per heavy atom. The van der Waals surface area contributed by atoms with Crippen LogP contribution in [0.3, 0.4) is 0 Å². The number of nitrogens with one attached hydrogen (secondary N) is 1. The predicted molar refractivity (Wildman–Crippen MR) is 35.9 cm³/mol. The van der Waals surface area contributed by atoms with Crippen molar-refractivity contribution in [3.8, 4) is 12.3 Å². The van der Waals surface area contributed by atoms with Crippen LogP contribution in [0.2, 0.25) is 0 Å². The molecule has 9 heavy (non-hydrogen) atoms. The fraction of sp³-hybridized carbons (Fsp3) is 0.500. The minimum atomic E-state index is -0.159. The molecule has 0 unspecified atom stereocenters. The fourth-order valence-electron chi connectivity index (χ4n) is 0.400. The van der Waals surface area contributed by atoms with E-state index >= 15 is 0 Å². The molecule has 0 saturated carbocycles. The second kappa shape index (κ2) is 3.79. The average Bonchev–Trinajstić information content (AvgIpc) is 1.87. The monoisotopic (exact) mass is 126 g/mol. The topological polar surface area (TPSA) is 32.3 Å². The number of nitrogens with zero attached hydrogens (tertiary/aromatic N) is 1. The van der Waals surface area contributed by atoms with Crippen LogP contribution in [0.25, 0.3) is 0 Å². The van der Waals surface area contributed by atoms with Gasteiger partial charge in [-0.1, -0.05) is 5.92 Å². The molecule has 0 aliphatic heterocycles. The molecule has 0 bridgehead atoms. The van der Waals surface area contributed by atoms with Gasteiger partial charge in [-0.15, -0.1) is 6.42 Å². The van der Waals surface area contributed by atoms with Gasteiger partial charge in [-0.25, -0.2) is 4.79 Å². The van der Waals surface area contributed by atoms with E-state index in [1.165, 1.54) is 4.90 Å². The summed E-state index contributed by atoms with van der Waals surface area (Å²) in [5.41, 5.74) is 0. The standard InChI is InChI=1S/C6H10N2O/c1-4-5-8(3)6(9)7-2/h1H,5H2,2-3H3,(H,7,9). The Kier molecular flexibility index (Phi) is 3.29. The molecule has 3 nitrogen and oxygen atoms in total. The van der Waals surface area contributed by atoms with Crippen LogP contribution in [-0.2, 0) is 0 Å². The number of hydrogen-bond donors (Lipinski definition) is 1. The lowest BCUT2D eigenvalue weighted by molar-refractivity contribution is 0.216. The van der Waals surface area contributed by atoms with Crippen molar-refractivity contribution in [1.29, 1.82) is 0 Å². The average molecular weight is 126 g/mol. The van der Waals surface area contributed by atoms with Crippen molar-refractivity contribution in [2.75, 3.05) is 20.6 Å². The molecule has 2 amide bonds. The zero-order valence-electron chi connectivity index (χ0n) is 5.64. The Morgan fingerprint density at radius 1 is 1.89 bits per heavy atom. The minimum Gasteiger partial charge on any atom is -0.341 e. The van der Waals surface area contributed by atoms with Gasteiger partial charge in [0.15, 0.2) is 0 Å². The molecule has 0 heterocycles. The fourth-order valence-corrected chi connectivity index (χ4v) is 0.400. The van der Waals surface area contributed by atoms with Gasteiger partial charge < -0.3 is 10.2 Å². The third-order valence-electron chi connectivity index (χ3n) is 0.889. The maximum Gasteiger partial charge on any atom is 0.317 e. The van der Waals surface area contributed by atoms with E-state index in [1.807, 2.05) is 0 Å². The van der Waals surface area contributed by atoms with Crippen molar-refractivity contribution < 1.29 is 4.79 Å². The van der Waals surface area contributed by atoms with E-state index in [4.69, 9.17) is 6.42 Å². The highest BCUT2D eigenvalue weighted by Crippen LogP contribution is 1.78. The van der Waals surface area contributed by atoms with Gasteiger partial charge in [-0.05, 0) is 0 Å². The number of carbonyl (C=O) groups excluding carboxylic acids is 1. The van der Waals surface area contributed by atoms with Crippen molar-refractivity contribution in [3.63, 3.8) is 0 Å². The highest BCUT2D eigenvalue weighted by Gasteiger charge is 2.00. The summed E-state index contributed by atoms with van der Waals surface area (Å²) < 4.78 is 0. The molecule has 0 rings (SSSR count). The summed E-state index contributed by atoms with van der Waals surface area (Å²) in [7, 11) is 3.20. The molecular weight excluding hydrogens is 116 g/mol. The SMILES string of the molecule is C#CCN(C)C(=O)NC. The van der Waals surface area contributed by atoms with Gasteiger partial charge in [0.05, 0.1) is 6.54 Å². The van der Waals surface area contributed by atoms with Gasteiger partial charge >= 0.3 is 6.03 Å². The van der Waals surface area contributed by atoms with Crippen LogP contribution in [0.15, 0.2) is 0 Å². The lowest BCUT2D eigenvalue weighted by atomic mass is 10.6. The third-order valence-corrected chi connectivity index (χ3v) is 0.889. The van der Waals surface area contributed by atoms with Crippen LogP contribution in [0.4, 0.5) is 4.79 Å². The van der Waals surface area contributed by atoms with Crippen LogP contribution >= 0.6 is 0 Å². The Bertz CT molecular complexity index is 136. The molecule has 0 aliphatic rings. The summed E-state index contributed by atoms with van der Waals surface area (Å²) >= 11 is 0. The van der Waals surface area contributed by atoms with Crippen molar-refractivity contribution in [2.45, 2.75) is 0 Å². The first kappa shape index (κ1) is 7.83.